The summed E-state index contributed by atoms with van der Waals surface area (Å²) in [7, 11) is 1.28. The first-order chi connectivity index (χ1) is 23.8. The fourth-order valence-electron chi connectivity index (χ4n) is 4.36. The van der Waals surface area contributed by atoms with Gasteiger partial charge in [0.05, 0.1) is 22.6 Å². The van der Waals surface area contributed by atoms with Crippen LogP contribution in [0.4, 0.5) is 5.69 Å². The van der Waals surface area contributed by atoms with Gasteiger partial charge in [-0.1, -0.05) is 24.8 Å². The van der Waals surface area contributed by atoms with Crippen LogP contribution in [-0.4, -0.2) is 68.9 Å². The summed E-state index contributed by atoms with van der Waals surface area (Å²) < 4.78 is 41.9. The van der Waals surface area contributed by atoms with Gasteiger partial charge in [0.1, 0.15) is 55.2 Å². The highest BCUT2D eigenvalue weighted by Crippen LogP contribution is 2.40. The third-order valence-electron chi connectivity index (χ3n) is 6.62. The van der Waals surface area contributed by atoms with E-state index in [9.17, 15) is 34.1 Å². The molecule has 0 aliphatic carbocycles. The lowest BCUT2D eigenvalue weighted by molar-refractivity contribution is -0.386. The average Bonchev–Trinajstić information content (AvgIpc) is 3.09. The first kappa shape index (κ1) is 38.7. The smallest absolute Gasteiger partial charge is 0.351 e. The zero-order valence-corrected chi connectivity index (χ0v) is 27.9. The number of carbonyl (C=O) groups is 4. The van der Waals surface area contributed by atoms with Crippen molar-refractivity contribution in [3.05, 3.63) is 97.9 Å². The van der Waals surface area contributed by atoms with Crippen LogP contribution in [0.3, 0.4) is 0 Å². The third-order valence-corrected chi connectivity index (χ3v) is 6.92. The van der Waals surface area contributed by atoms with Crippen molar-refractivity contribution < 1.29 is 61.7 Å². The summed E-state index contributed by atoms with van der Waals surface area (Å²) in [6, 6.07) is 6.21. The molecule has 0 amide bonds. The van der Waals surface area contributed by atoms with Crippen molar-refractivity contribution in [2.24, 2.45) is 0 Å². The number of hydrogen-bond acceptors (Lipinski definition) is 15. The van der Waals surface area contributed by atoms with Crippen molar-refractivity contribution in [3.8, 4) is 11.5 Å². The van der Waals surface area contributed by atoms with Gasteiger partial charge in [0, 0.05) is 41.8 Å². The number of hydrogen-bond donors (Lipinski definition) is 0. The summed E-state index contributed by atoms with van der Waals surface area (Å²) in [5, 5.41) is 12.5. The number of nitrogens with zero attached hydrogens (tertiary/aromatic N) is 1. The van der Waals surface area contributed by atoms with Gasteiger partial charge in [-0.3, -0.25) is 10.1 Å². The molecule has 2 unspecified atom stereocenters. The summed E-state index contributed by atoms with van der Waals surface area (Å²) in [4.78, 5) is 71.8. The Bertz CT molecular complexity index is 1850. The maximum Gasteiger partial charge on any atom is 0.351 e. The number of halogens is 1. The van der Waals surface area contributed by atoms with Crippen molar-refractivity contribution in [2.75, 3.05) is 40.1 Å². The Labute approximate surface area is 289 Å². The molecule has 0 saturated heterocycles. The Morgan fingerprint density at radius 1 is 0.920 bits per heavy atom. The van der Waals surface area contributed by atoms with Gasteiger partial charge in [-0.15, -0.1) is 0 Å². The maximum atomic E-state index is 12.9. The Morgan fingerprint density at radius 3 is 2.12 bits per heavy atom. The van der Waals surface area contributed by atoms with Crippen molar-refractivity contribution in [3.63, 3.8) is 0 Å². The molecule has 50 heavy (non-hydrogen) atoms. The number of carbonyl (C=O) groups excluding carboxylic acids is 4. The average molecular weight is 718 g/mol. The van der Waals surface area contributed by atoms with Gasteiger partial charge in [0.25, 0.3) is 5.69 Å². The SMILES string of the molecule is C=CC(=O)OCCOC(=O)c1cc2cc(Cl)c(OC(C)c3cc(OC)c(C(OCC)C(=O)OCCOC(=O)C=C)cc3[N+](=O)[O-])cc2oc1=O. The van der Waals surface area contributed by atoms with E-state index in [1.165, 1.54) is 38.3 Å². The van der Waals surface area contributed by atoms with E-state index < -0.39 is 57.9 Å². The second-order valence-corrected chi connectivity index (χ2v) is 10.2. The van der Waals surface area contributed by atoms with E-state index >= 15 is 0 Å². The predicted octanol–water partition coefficient (Wildman–Crippen LogP) is 4.74. The molecule has 0 fully saturated rings. The highest BCUT2D eigenvalue weighted by atomic mass is 35.5. The molecule has 0 aliphatic rings. The minimum absolute atomic E-state index is 0.00184. The lowest BCUT2D eigenvalue weighted by Crippen LogP contribution is -2.22. The molecule has 2 aromatic carbocycles. The maximum absolute atomic E-state index is 12.9. The van der Waals surface area contributed by atoms with Gasteiger partial charge in [-0.2, -0.15) is 0 Å². The highest BCUT2D eigenvalue weighted by Gasteiger charge is 2.32. The van der Waals surface area contributed by atoms with Gasteiger partial charge in [0.15, 0.2) is 6.10 Å². The Kier molecular flexibility index (Phi) is 14.0. The monoisotopic (exact) mass is 717 g/mol. The van der Waals surface area contributed by atoms with E-state index in [0.717, 1.165) is 18.2 Å². The van der Waals surface area contributed by atoms with Crippen molar-refractivity contribution >= 4 is 52.1 Å². The molecule has 1 heterocycles. The van der Waals surface area contributed by atoms with E-state index in [1.54, 1.807) is 6.92 Å². The van der Waals surface area contributed by atoms with Gasteiger partial charge >= 0.3 is 29.5 Å². The summed E-state index contributed by atoms with van der Waals surface area (Å²) in [5.74, 6) is -3.37. The lowest BCUT2D eigenvalue weighted by atomic mass is 10.00. The van der Waals surface area contributed by atoms with Crippen LogP contribution in [0.15, 0.2) is 64.9 Å². The highest BCUT2D eigenvalue weighted by molar-refractivity contribution is 6.32. The second-order valence-electron chi connectivity index (χ2n) is 9.82. The molecular formula is C33H32ClNO15. The van der Waals surface area contributed by atoms with Crippen LogP contribution in [0.2, 0.25) is 5.02 Å². The summed E-state index contributed by atoms with van der Waals surface area (Å²) in [6.45, 7) is 8.46. The fraction of sp³-hybridized carbons (Fsp3) is 0.303. The quantitative estimate of drug-likeness (QED) is 0.0331. The van der Waals surface area contributed by atoms with Crippen molar-refractivity contribution in [2.45, 2.75) is 26.1 Å². The number of ether oxygens (including phenoxy) is 7. The van der Waals surface area contributed by atoms with Crippen molar-refractivity contribution in [1.82, 2.24) is 0 Å². The molecule has 0 N–H and O–H groups in total. The molecule has 0 bridgehead atoms. The van der Waals surface area contributed by atoms with Crippen LogP contribution >= 0.6 is 11.6 Å². The molecule has 0 saturated carbocycles. The Morgan fingerprint density at radius 2 is 1.54 bits per heavy atom. The molecule has 2 atom stereocenters. The first-order valence-corrected chi connectivity index (χ1v) is 15.1. The van der Waals surface area contributed by atoms with E-state index in [1.807, 2.05) is 0 Å². The Balaban J connectivity index is 1.88. The normalized spacial score (nSPS) is 11.8. The first-order valence-electron chi connectivity index (χ1n) is 14.7. The molecule has 17 heteroatoms. The molecule has 266 valence electrons. The van der Waals surface area contributed by atoms with E-state index in [-0.39, 0.29) is 71.7 Å². The largest absolute Gasteiger partial charge is 0.496 e. The van der Waals surface area contributed by atoms with E-state index in [2.05, 4.69) is 13.2 Å². The number of nitro groups is 1. The lowest BCUT2D eigenvalue weighted by Gasteiger charge is -2.21. The number of benzene rings is 2. The van der Waals surface area contributed by atoms with Crippen LogP contribution in [-0.2, 0) is 38.1 Å². The molecular weight excluding hydrogens is 686 g/mol. The van der Waals surface area contributed by atoms with Crippen LogP contribution < -0.4 is 15.1 Å². The molecule has 3 aromatic rings. The summed E-state index contributed by atoms with van der Waals surface area (Å²) >= 11 is 6.45. The zero-order valence-electron chi connectivity index (χ0n) is 27.1. The molecule has 0 radical (unpaired) electrons. The standard InChI is InChI=1S/C33H32ClNO15/c1-6-28(36)45-9-11-47-31(38)22-13-19-14-23(34)27(17-25(19)50-32(22)39)49-18(4)20-16-26(43-5)21(15-24(20)35(41)42)30(44-8-3)33(40)48-12-10-46-29(37)7-2/h6-7,13-18,30H,1-2,8-12H2,3-5H3. The van der Waals surface area contributed by atoms with Gasteiger partial charge < -0.3 is 37.6 Å². The van der Waals surface area contributed by atoms with Crippen LogP contribution in [0.1, 0.15) is 47.5 Å². The summed E-state index contributed by atoms with van der Waals surface area (Å²) in [6.07, 6.45) is -0.626. The van der Waals surface area contributed by atoms with Crippen LogP contribution in [0.25, 0.3) is 11.0 Å². The minimum atomic E-state index is -1.44. The molecule has 16 nitrogen and oxygen atoms in total. The number of methoxy groups -OCH3 is 1. The minimum Gasteiger partial charge on any atom is -0.496 e. The number of rotatable bonds is 18. The number of esters is 4. The molecule has 3 rings (SSSR count). The third kappa shape index (κ3) is 9.90. The van der Waals surface area contributed by atoms with Gasteiger partial charge in [0.2, 0.25) is 0 Å². The van der Waals surface area contributed by atoms with Crippen molar-refractivity contribution in [1.29, 1.82) is 0 Å². The second kappa shape index (κ2) is 18.1. The summed E-state index contributed by atoms with van der Waals surface area (Å²) in [5.41, 5.74) is -1.97. The van der Waals surface area contributed by atoms with Gasteiger partial charge in [-0.25, -0.2) is 24.0 Å². The van der Waals surface area contributed by atoms with E-state index in [4.69, 9.17) is 49.2 Å². The fourth-order valence-corrected chi connectivity index (χ4v) is 4.57. The number of fused-ring (bicyclic) bond motifs is 1. The van der Waals surface area contributed by atoms with Crippen LogP contribution in [0.5, 0.6) is 11.5 Å². The molecule has 1 aromatic heterocycles. The predicted molar refractivity (Wildman–Crippen MR) is 174 cm³/mol. The molecule has 0 spiro atoms. The van der Waals surface area contributed by atoms with Gasteiger partial charge in [-0.05, 0) is 32.0 Å². The topological polar surface area (TPSA) is 206 Å². The van der Waals surface area contributed by atoms with E-state index in [0.29, 0.717) is 0 Å². The number of nitro benzene ring substituents is 1. The zero-order chi connectivity index (χ0) is 37.0. The molecule has 0 aliphatic heterocycles. The Hall–Kier alpha value is -5.74. The van der Waals surface area contributed by atoms with Crippen LogP contribution in [0, 0.1) is 10.1 Å².